The van der Waals surface area contributed by atoms with Crippen LogP contribution < -0.4 is 5.73 Å². The fourth-order valence-corrected chi connectivity index (χ4v) is 1.12. The van der Waals surface area contributed by atoms with Gasteiger partial charge in [0.1, 0.15) is 5.69 Å². The third-order valence-electron chi connectivity index (χ3n) is 1.79. The Kier molecular flexibility index (Phi) is 2.66. The van der Waals surface area contributed by atoms with Gasteiger partial charge in [0, 0.05) is 12.2 Å². The lowest BCUT2D eigenvalue weighted by atomic mass is 10.2. The van der Waals surface area contributed by atoms with Gasteiger partial charge in [-0.25, -0.2) is 0 Å². The Balaban J connectivity index is 3.07. The van der Waals surface area contributed by atoms with E-state index in [4.69, 9.17) is 5.73 Å². The van der Waals surface area contributed by atoms with Crippen molar-refractivity contribution in [2.45, 2.75) is 25.8 Å². The van der Waals surface area contributed by atoms with E-state index in [0.29, 0.717) is 0 Å². The molecule has 0 bridgehead atoms. The lowest BCUT2D eigenvalue weighted by Crippen LogP contribution is -2.28. The molecule has 0 saturated heterocycles. The summed E-state index contributed by atoms with van der Waals surface area (Å²) in [7, 11) is 0. The molecule has 0 fully saturated rings. The summed E-state index contributed by atoms with van der Waals surface area (Å²) in [6, 6.07) is 1.22. The van der Waals surface area contributed by atoms with Crippen LogP contribution in [0.5, 0.6) is 0 Å². The fraction of sp³-hybridized carbons (Fsp3) is 0.625. The van der Waals surface area contributed by atoms with E-state index >= 15 is 0 Å². The van der Waals surface area contributed by atoms with E-state index in [2.05, 4.69) is 5.10 Å². The van der Waals surface area contributed by atoms with Crippen LogP contribution in [-0.2, 0) is 5.92 Å². The molecule has 0 spiro atoms. The molecule has 0 aliphatic heterocycles. The molecule has 0 aromatic carbocycles. The van der Waals surface area contributed by atoms with Crippen LogP contribution in [0.25, 0.3) is 0 Å². The average molecular weight is 189 g/mol. The van der Waals surface area contributed by atoms with Crippen LogP contribution in [0, 0.1) is 0 Å². The highest BCUT2D eigenvalue weighted by atomic mass is 19.3. The molecule has 5 heteroatoms. The van der Waals surface area contributed by atoms with Gasteiger partial charge >= 0.3 is 5.92 Å². The van der Waals surface area contributed by atoms with Gasteiger partial charge < -0.3 is 5.73 Å². The average Bonchev–Trinajstić information content (AvgIpc) is 2.52. The number of nitrogens with two attached hydrogens (primary N) is 1. The summed E-state index contributed by atoms with van der Waals surface area (Å²) in [5.41, 5.74) is 4.86. The van der Waals surface area contributed by atoms with Gasteiger partial charge in [-0.05, 0) is 19.9 Å². The van der Waals surface area contributed by atoms with Gasteiger partial charge in [-0.3, -0.25) is 4.68 Å². The molecule has 1 heterocycles. The van der Waals surface area contributed by atoms with Crippen molar-refractivity contribution in [3.8, 4) is 0 Å². The van der Waals surface area contributed by atoms with Crippen molar-refractivity contribution in [3.05, 3.63) is 18.0 Å². The molecular formula is C8H13F2N3. The second kappa shape index (κ2) is 3.41. The second-order valence-corrected chi connectivity index (χ2v) is 3.16. The summed E-state index contributed by atoms with van der Waals surface area (Å²) >= 11 is 0. The molecule has 3 nitrogen and oxygen atoms in total. The summed E-state index contributed by atoms with van der Waals surface area (Å²) in [6.07, 6.45) is 1.36. The van der Waals surface area contributed by atoms with E-state index in [-0.39, 0.29) is 11.7 Å². The first kappa shape index (κ1) is 10.1. The highest BCUT2D eigenvalue weighted by Crippen LogP contribution is 2.27. The third-order valence-corrected chi connectivity index (χ3v) is 1.79. The van der Waals surface area contributed by atoms with Crippen molar-refractivity contribution in [2.75, 3.05) is 6.54 Å². The predicted octanol–water partition coefficient (Wildman–Crippen LogP) is 1.51. The van der Waals surface area contributed by atoms with Crippen molar-refractivity contribution < 1.29 is 8.78 Å². The Morgan fingerprint density at radius 1 is 1.62 bits per heavy atom. The molecule has 0 atom stereocenters. The molecule has 0 unspecified atom stereocenters. The van der Waals surface area contributed by atoms with Gasteiger partial charge in [-0.2, -0.15) is 13.9 Å². The van der Waals surface area contributed by atoms with Gasteiger partial charge in [0.05, 0.1) is 6.54 Å². The lowest BCUT2D eigenvalue weighted by Gasteiger charge is -2.17. The minimum Gasteiger partial charge on any atom is -0.325 e. The topological polar surface area (TPSA) is 43.8 Å². The first-order valence-electron chi connectivity index (χ1n) is 4.11. The molecule has 2 N–H and O–H groups in total. The van der Waals surface area contributed by atoms with Gasteiger partial charge in [0.25, 0.3) is 0 Å². The van der Waals surface area contributed by atoms with E-state index in [9.17, 15) is 8.78 Å². The van der Waals surface area contributed by atoms with Crippen molar-refractivity contribution >= 4 is 0 Å². The van der Waals surface area contributed by atoms with E-state index in [1.165, 1.54) is 16.9 Å². The zero-order valence-electron chi connectivity index (χ0n) is 7.67. The monoisotopic (exact) mass is 189 g/mol. The van der Waals surface area contributed by atoms with Crippen LogP contribution in [0.15, 0.2) is 12.3 Å². The first-order chi connectivity index (χ1) is 5.99. The van der Waals surface area contributed by atoms with Crippen molar-refractivity contribution in [3.63, 3.8) is 0 Å². The summed E-state index contributed by atoms with van der Waals surface area (Å²) in [6.45, 7) is 2.90. The summed E-state index contributed by atoms with van der Waals surface area (Å²) < 4.78 is 27.6. The van der Waals surface area contributed by atoms with E-state index in [0.717, 1.165) is 0 Å². The second-order valence-electron chi connectivity index (χ2n) is 3.16. The molecule has 0 saturated carbocycles. The summed E-state index contributed by atoms with van der Waals surface area (Å²) in [5, 5.41) is 3.81. The maximum absolute atomic E-state index is 13.2. The Morgan fingerprint density at radius 3 is 2.69 bits per heavy atom. The van der Waals surface area contributed by atoms with Crippen LogP contribution in [0.1, 0.15) is 25.6 Å². The molecule has 0 radical (unpaired) electrons. The van der Waals surface area contributed by atoms with Crippen molar-refractivity contribution in [2.24, 2.45) is 5.73 Å². The number of nitrogens with zero attached hydrogens (tertiary/aromatic N) is 2. The molecule has 1 aromatic rings. The maximum atomic E-state index is 13.2. The quantitative estimate of drug-likeness (QED) is 0.783. The minimum absolute atomic E-state index is 0.0811. The van der Waals surface area contributed by atoms with E-state index in [1.54, 1.807) is 13.8 Å². The van der Waals surface area contributed by atoms with Gasteiger partial charge in [-0.15, -0.1) is 0 Å². The van der Waals surface area contributed by atoms with E-state index in [1.807, 2.05) is 0 Å². The number of hydrogen-bond donors (Lipinski definition) is 1. The number of alkyl halides is 2. The third kappa shape index (κ3) is 1.85. The number of rotatable bonds is 3. The highest BCUT2D eigenvalue weighted by molar-refractivity contribution is 5.09. The molecule has 0 aliphatic rings. The molecule has 74 valence electrons. The number of hydrogen-bond acceptors (Lipinski definition) is 2. The molecule has 1 aromatic heterocycles. The predicted molar refractivity (Wildman–Crippen MR) is 45.6 cm³/mol. The fourth-order valence-electron chi connectivity index (χ4n) is 1.12. The molecular weight excluding hydrogens is 176 g/mol. The maximum Gasteiger partial charge on any atom is 0.301 e. The number of halogens is 2. The zero-order valence-corrected chi connectivity index (χ0v) is 7.67. The summed E-state index contributed by atoms with van der Waals surface area (Å²) in [4.78, 5) is 0. The Labute approximate surface area is 75.5 Å². The zero-order chi connectivity index (χ0) is 10.1. The van der Waals surface area contributed by atoms with E-state index < -0.39 is 12.5 Å². The molecule has 1 rings (SSSR count). The van der Waals surface area contributed by atoms with Crippen LogP contribution in [0.2, 0.25) is 0 Å². The smallest absolute Gasteiger partial charge is 0.301 e. The van der Waals surface area contributed by atoms with Gasteiger partial charge in [0.2, 0.25) is 0 Å². The molecule has 0 aliphatic carbocycles. The lowest BCUT2D eigenvalue weighted by molar-refractivity contribution is -0.00439. The molecule has 13 heavy (non-hydrogen) atoms. The molecule has 0 amide bonds. The first-order valence-corrected chi connectivity index (χ1v) is 4.11. The SMILES string of the molecule is CC(C)n1nccc1C(F)(F)CN. The normalized spacial score (nSPS) is 12.5. The Hall–Kier alpha value is -0.970. The van der Waals surface area contributed by atoms with Crippen LogP contribution in [0.3, 0.4) is 0 Å². The standard InChI is InChI=1S/C8H13F2N3/c1-6(2)13-7(3-4-12-13)8(9,10)5-11/h3-4,6H,5,11H2,1-2H3. The van der Waals surface area contributed by atoms with Gasteiger partial charge in [-0.1, -0.05) is 0 Å². The van der Waals surface area contributed by atoms with Crippen LogP contribution in [0.4, 0.5) is 8.78 Å². The highest BCUT2D eigenvalue weighted by Gasteiger charge is 2.33. The van der Waals surface area contributed by atoms with Crippen LogP contribution >= 0.6 is 0 Å². The van der Waals surface area contributed by atoms with Crippen molar-refractivity contribution in [1.82, 2.24) is 9.78 Å². The van der Waals surface area contributed by atoms with Gasteiger partial charge in [0.15, 0.2) is 0 Å². The largest absolute Gasteiger partial charge is 0.325 e. The Morgan fingerprint density at radius 2 is 2.23 bits per heavy atom. The van der Waals surface area contributed by atoms with Crippen molar-refractivity contribution in [1.29, 1.82) is 0 Å². The van der Waals surface area contributed by atoms with Crippen LogP contribution in [-0.4, -0.2) is 16.3 Å². The summed E-state index contributed by atoms with van der Waals surface area (Å²) in [5.74, 6) is -2.99. The Bertz CT molecular complexity index is 281. The minimum atomic E-state index is -2.99. The number of aromatic nitrogens is 2.